The van der Waals surface area contributed by atoms with Crippen molar-refractivity contribution < 1.29 is 0 Å². The Bertz CT molecular complexity index is 515. The van der Waals surface area contributed by atoms with Crippen molar-refractivity contribution in [3.05, 3.63) is 34.2 Å². The highest BCUT2D eigenvalue weighted by Crippen LogP contribution is 2.32. The van der Waals surface area contributed by atoms with Gasteiger partial charge in [-0.3, -0.25) is 0 Å². The summed E-state index contributed by atoms with van der Waals surface area (Å²) >= 11 is 1.59. The summed E-state index contributed by atoms with van der Waals surface area (Å²) < 4.78 is 0. The minimum absolute atomic E-state index is 0.659. The number of aryl methyl sites for hydroxylation is 3. The largest absolute Gasteiger partial charge is 0.375 e. The first kappa shape index (κ1) is 11.1. The number of anilines is 1. The van der Waals surface area contributed by atoms with Gasteiger partial charge in [0.15, 0.2) is 5.13 Å². The van der Waals surface area contributed by atoms with Crippen LogP contribution in [0.1, 0.15) is 22.9 Å². The zero-order valence-electron chi connectivity index (χ0n) is 9.87. The fraction of sp³-hybridized carbons (Fsp3) is 0.308. The molecule has 0 amide bonds. The molecule has 16 heavy (non-hydrogen) atoms. The predicted octanol–water partition coefficient (Wildman–Crippen LogP) is 3.57. The van der Waals surface area contributed by atoms with E-state index in [9.17, 15) is 0 Å². The quantitative estimate of drug-likeness (QED) is 0.859. The van der Waals surface area contributed by atoms with E-state index in [-0.39, 0.29) is 0 Å². The van der Waals surface area contributed by atoms with Crippen LogP contribution in [0.5, 0.6) is 0 Å². The van der Waals surface area contributed by atoms with Crippen molar-refractivity contribution in [1.29, 1.82) is 0 Å². The van der Waals surface area contributed by atoms with Gasteiger partial charge >= 0.3 is 0 Å². The van der Waals surface area contributed by atoms with Gasteiger partial charge in [-0.1, -0.05) is 30.7 Å². The lowest BCUT2D eigenvalue weighted by atomic mass is 10.0. The number of aromatic nitrogens is 1. The summed E-state index contributed by atoms with van der Waals surface area (Å²) in [5.41, 5.74) is 10.6. The molecule has 0 radical (unpaired) electrons. The van der Waals surface area contributed by atoms with Gasteiger partial charge in [0.05, 0.1) is 5.69 Å². The molecule has 0 unspecified atom stereocenters. The molecule has 2 N–H and O–H groups in total. The van der Waals surface area contributed by atoms with Crippen molar-refractivity contribution in [2.24, 2.45) is 0 Å². The van der Waals surface area contributed by atoms with E-state index in [2.05, 4.69) is 44.0 Å². The lowest BCUT2D eigenvalue weighted by Gasteiger charge is -2.05. The van der Waals surface area contributed by atoms with E-state index in [1.165, 1.54) is 21.6 Å². The standard InChI is InChI=1S/C13H16N2S/c1-4-11-12(15-13(14)16-11)10-6-5-8(2)7-9(10)3/h5-7H,4H2,1-3H3,(H2,14,15). The van der Waals surface area contributed by atoms with E-state index in [1.54, 1.807) is 11.3 Å². The monoisotopic (exact) mass is 232 g/mol. The first-order chi connectivity index (χ1) is 7.61. The molecular formula is C13H16N2S. The van der Waals surface area contributed by atoms with Crippen molar-refractivity contribution in [2.45, 2.75) is 27.2 Å². The summed E-state index contributed by atoms with van der Waals surface area (Å²) in [6.45, 7) is 6.37. The van der Waals surface area contributed by atoms with Gasteiger partial charge in [0.25, 0.3) is 0 Å². The van der Waals surface area contributed by atoms with Crippen molar-refractivity contribution in [1.82, 2.24) is 4.98 Å². The zero-order chi connectivity index (χ0) is 11.7. The highest BCUT2D eigenvalue weighted by molar-refractivity contribution is 7.15. The summed E-state index contributed by atoms with van der Waals surface area (Å²) in [6.07, 6.45) is 0.984. The smallest absolute Gasteiger partial charge is 0.180 e. The molecule has 0 saturated carbocycles. The topological polar surface area (TPSA) is 38.9 Å². The van der Waals surface area contributed by atoms with E-state index in [4.69, 9.17) is 5.73 Å². The molecule has 84 valence electrons. The predicted molar refractivity (Wildman–Crippen MR) is 70.8 cm³/mol. The Labute approximate surface area is 100 Å². The lowest BCUT2D eigenvalue weighted by Crippen LogP contribution is -1.89. The third-order valence-corrected chi connectivity index (χ3v) is 3.70. The van der Waals surface area contributed by atoms with Gasteiger partial charge in [-0.2, -0.15) is 0 Å². The van der Waals surface area contributed by atoms with E-state index in [1.807, 2.05) is 0 Å². The molecule has 1 aromatic heterocycles. The Morgan fingerprint density at radius 2 is 2.06 bits per heavy atom. The second-order valence-electron chi connectivity index (χ2n) is 4.00. The van der Waals surface area contributed by atoms with Crippen molar-refractivity contribution in [2.75, 3.05) is 5.73 Å². The summed E-state index contributed by atoms with van der Waals surface area (Å²) in [6, 6.07) is 6.44. The van der Waals surface area contributed by atoms with Crippen LogP contribution in [0.3, 0.4) is 0 Å². The Morgan fingerprint density at radius 1 is 1.31 bits per heavy atom. The zero-order valence-corrected chi connectivity index (χ0v) is 10.7. The molecular weight excluding hydrogens is 216 g/mol. The molecule has 0 aliphatic carbocycles. The van der Waals surface area contributed by atoms with Crippen LogP contribution in [0.2, 0.25) is 0 Å². The Balaban J connectivity index is 2.57. The third-order valence-electron chi connectivity index (χ3n) is 2.67. The van der Waals surface area contributed by atoms with Gasteiger partial charge < -0.3 is 5.73 Å². The van der Waals surface area contributed by atoms with E-state index in [0.717, 1.165) is 12.1 Å². The fourth-order valence-electron chi connectivity index (χ4n) is 1.90. The lowest BCUT2D eigenvalue weighted by molar-refractivity contribution is 1.17. The summed E-state index contributed by atoms with van der Waals surface area (Å²) in [5.74, 6) is 0. The van der Waals surface area contributed by atoms with Crippen LogP contribution >= 0.6 is 11.3 Å². The molecule has 1 aromatic carbocycles. The summed E-state index contributed by atoms with van der Waals surface area (Å²) in [5, 5.41) is 0.659. The van der Waals surface area contributed by atoms with Gasteiger partial charge in [-0.05, 0) is 25.8 Å². The molecule has 3 heteroatoms. The normalized spacial score (nSPS) is 10.7. The molecule has 0 aliphatic heterocycles. The second-order valence-corrected chi connectivity index (χ2v) is 5.11. The van der Waals surface area contributed by atoms with Crippen LogP contribution in [-0.2, 0) is 6.42 Å². The number of thiazole rings is 1. The maximum atomic E-state index is 5.78. The van der Waals surface area contributed by atoms with Crippen LogP contribution in [0.4, 0.5) is 5.13 Å². The van der Waals surface area contributed by atoms with Crippen LogP contribution < -0.4 is 5.73 Å². The third kappa shape index (κ3) is 1.95. The van der Waals surface area contributed by atoms with Gasteiger partial charge in [0.1, 0.15) is 0 Å². The number of benzene rings is 1. The molecule has 0 spiro atoms. The average molecular weight is 232 g/mol. The average Bonchev–Trinajstić information content (AvgIpc) is 2.59. The highest BCUT2D eigenvalue weighted by atomic mass is 32.1. The minimum Gasteiger partial charge on any atom is -0.375 e. The van der Waals surface area contributed by atoms with E-state index >= 15 is 0 Å². The SMILES string of the molecule is CCc1sc(N)nc1-c1ccc(C)cc1C. The first-order valence-corrected chi connectivity index (χ1v) is 6.26. The first-order valence-electron chi connectivity index (χ1n) is 5.44. The number of rotatable bonds is 2. The van der Waals surface area contributed by atoms with Crippen LogP contribution in [-0.4, -0.2) is 4.98 Å². The Morgan fingerprint density at radius 3 is 2.69 bits per heavy atom. The van der Waals surface area contributed by atoms with E-state index in [0.29, 0.717) is 5.13 Å². The van der Waals surface area contributed by atoms with Crippen LogP contribution in [0.15, 0.2) is 18.2 Å². The number of hydrogen-bond acceptors (Lipinski definition) is 3. The fourth-order valence-corrected chi connectivity index (χ4v) is 2.69. The maximum absolute atomic E-state index is 5.78. The number of nitrogens with zero attached hydrogens (tertiary/aromatic N) is 1. The highest BCUT2D eigenvalue weighted by Gasteiger charge is 2.11. The van der Waals surface area contributed by atoms with E-state index < -0.39 is 0 Å². The van der Waals surface area contributed by atoms with Crippen LogP contribution in [0, 0.1) is 13.8 Å². The van der Waals surface area contributed by atoms with Crippen LogP contribution in [0.25, 0.3) is 11.3 Å². The van der Waals surface area contributed by atoms with Gasteiger partial charge in [0.2, 0.25) is 0 Å². The summed E-state index contributed by atoms with van der Waals surface area (Å²) in [4.78, 5) is 5.71. The second kappa shape index (κ2) is 4.26. The minimum atomic E-state index is 0.659. The number of nitrogens with two attached hydrogens (primary N) is 1. The molecule has 2 aromatic rings. The molecule has 2 nitrogen and oxygen atoms in total. The Hall–Kier alpha value is -1.35. The Kier molecular flexibility index (Phi) is 2.97. The molecule has 0 aliphatic rings. The molecule has 0 saturated heterocycles. The van der Waals surface area contributed by atoms with Gasteiger partial charge in [-0.25, -0.2) is 4.98 Å². The number of hydrogen-bond donors (Lipinski definition) is 1. The van der Waals surface area contributed by atoms with Gasteiger partial charge in [0, 0.05) is 10.4 Å². The van der Waals surface area contributed by atoms with Crippen molar-refractivity contribution in [3.63, 3.8) is 0 Å². The summed E-state index contributed by atoms with van der Waals surface area (Å²) in [7, 11) is 0. The molecule has 2 rings (SSSR count). The molecule has 0 bridgehead atoms. The molecule has 1 heterocycles. The van der Waals surface area contributed by atoms with Crippen molar-refractivity contribution in [3.8, 4) is 11.3 Å². The van der Waals surface area contributed by atoms with Gasteiger partial charge in [-0.15, -0.1) is 11.3 Å². The maximum Gasteiger partial charge on any atom is 0.180 e. The molecule has 0 atom stereocenters. The number of nitrogen functional groups attached to an aromatic ring is 1. The molecule has 0 fully saturated rings. The van der Waals surface area contributed by atoms with Crippen molar-refractivity contribution >= 4 is 16.5 Å².